The molecule has 2 rings (SSSR count). The number of hydrogen-bond acceptors (Lipinski definition) is 3. The summed E-state index contributed by atoms with van der Waals surface area (Å²) in [6.45, 7) is 1.70. The Morgan fingerprint density at radius 3 is 2.59 bits per heavy atom. The summed E-state index contributed by atoms with van der Waals surface area (Å²) in [7, 11) is 0. The van der Waals surface area contributed by atoms with Gasteiger partial charge in [-0.3, -0.25) is 4.79 Å². The van der Waals surface area contributed by atoms with Crippen LogP contribution in [0.15, 0.2) is 53.5 Å². The predicted molar refractivity (Wildman–Crippen MR) is 97.7 cm³/mol. The Labute approximate surface area is 154 Å². The van der Waals surface area contributed by atoms with Crippen molar-refractivity contribution < 1.29 is 22.7 Å². The number of benzene rings is 2. The molecule has 144 valence electrons. The van der Waals surface area contributed by atoms with E-state index in [2.05, 4.69) is 20.4 Å². The molecule has 2 aromatic carbocycles. The summed E-state index contributed by atoms with van der Waals surface area (Å²) in [6, 6.07) is 12.7. The number of carbonyl (C=O) groups excluding carboxylic acids is 1. The largest absolute Gasteiger partial charge is 0.573 e. The van der Waals surface area contributed by atoms with E-state index in [1.807, 2.05) is 25.1 Å². The Morgan fingerprint density at radius 1 is 1.15 bits per heavy atom. The van der Waals surface area contributed by atoms with E-state index in [1.54, 1.807) is 6.07 Å². The molecule has 9 heteroatoms. The first-order valence-electron chi connectivity index (χ1n) is 8.07. The molecule has 0 bridgehead atoms. The molecule has 1 amide bonds. The van der Waals surface area contributed by atoms with Crippen molar-refractivity contribution >= 4 is 23.2 Å². The lowest BCUT2D eigenvalue weighted by Crippen LogP contribution is -2.26. The number of aliphatic imine (C=N–C) groups is 1. The van der Waals surface area contributed by atoms with Crippen LogP contribution >= 0.6 is 0 Å². The molecule has 27 heavy (non-hydrogen) atoms. The van der Waals surface area contributed by atoms with Crippen molar-refractivity contribution in [1.82, 2.24) is 0 Å². The highest BCUT2D eigenvalue weighted by atomic mass is 19.4. The molecule has 0 saturated heterocycles. The van der Waals surface area contributed by atoms with Crippen LogP contribution in [-0.4, -0.2) is 24.8 Å². The lowest BCUT2D eigenvalue weighted by Gasteiger charge is -2.14. The summed E-state index contributed by atoms with van der Waals surface area (Å²) >= 11 is 0. The Bertz CT molecular complexity index is 822. The number of nitrogens with zero attached hydrogens (tertiary/aromatic N) is 1. The number of ether oxygens (including phenoxy) is 1. The number of amides is 1. The lowest BCUT2D eigenvalue weighted by molar-refractivity contribution is -0.274. The topological polar surface area (TPSA) is 88.7 Å². The molecule has 0 heterocycles. The minimum absolute atomic E-state index is 0.0212. The standard InChI is InChI=1S/C18H19F3N4O2/c1-2-12-6-5-7-13(10-12)24-16(26)11-23-17(22)25-14-8-3-4-9-15(14)27-18(19,20)21/h3-10H,2,11H2,1H3,(H,24,26)(H3,22,23,25). The quantitative estimate of drug-likeness (QED) is 0.529. The molecule has 4 N–H and O–H groups in total. The van der Waals surface area contributed by atoms with Gasteiger partial charge in [0.1, 0.15) is 6.54 Å². The second-order valence-corrected chi connectivity index (χ2v) is 5.47. The van der Waals surface area contributed by atoms with Gasteiger partial charge in [-0.05, 0) is 36.2 Å². The van der Waals surface area contributed by atoms with Gasteiger partial charge in [0, 0.05) is 5.69 Å². The van der Waals surface area contributed by atoms with E-state index in [9.17, 15) is 18.0 Å². The molecule has 0 atom stereocenters. The highest BCUT2D eigenvalue weighted by Gasteiger charge is 2.32. The van der Waals surface area contributed by atoms with Crippen LogP contribution in [0.5, 0.6) is 5.75 Å². The molecule has 0 aliphatic heterocycles. The molecule has 2 aromatic rings. The van der Waals surface area contributed by atoms with Crippen molar-refractivity contribution in [2.75, 3.05) is 17.2 Å². The minimum Gasteiger partial charge on any atom is -0.404 e. The van der Waals surface area contributed by atoms with E-state index in [0.29, 0.717) is 5.69 Å². The zero-order chi connectivity index (χ0) is 19.9. The van der Waals surface area contributed by atoms with E-state index in [-0.39, 0.29) is 18.2 Å². The Hall–Kier alpha value is -3.23. The van der Waals surface area contributed by atoms with Crippen LogP contribution in [0.1, 0.15) is 12.5 Å². The first kappa shape index (κ1) is 20.1. The molecular weight excluding hydrogens is 361 g/mol. The normalized spacial score (nSPS) is 11.8. The molecule has 0 aliphatic rings. The van der Waals surface area contributed by atoms with Crippen molar-refractivity contribution in [1.29, 1.82) is 0 Å². The van der Waals surface area contributed by atoms with Gasteiger partial charge in [-0.1, -0.05) is 31.2 Å². The maximum absolute atomic E-state index is 12.4. The summed E-state index contributed by atoms with van der Waals surface area (Å²) in [4.78, 5) is 15.8. The molecule has 0 radical (unpaired) electrons. The van der Waals surface area contributed by atoms with Gasteiger partial charge in [-0.25, -0.2) is 4.99 Å². The highest BCUT2D eigenvalue weighted by molar-refractivity contribution is 5.97. The van der Waals surface area contributed by atoms with Crippen molar-refractivity contribution in [3.05, 3.63) is 54.1 Å². The van der Waals surface area contributed by atoms with Gasteiger partial charge in [0.15, 0.2) is 11.7 Å². The van der Waals surface area contributed by atoms with Crippen molar-refractivity contribution in [3.8, 4) is 5.75 Å². The number of aryl methyl sites for hydroxylation is 1. The number of anilines is 2. The van der Waals surface area contributed by atoms with Gasteiger partial charge in [0.2, 0.25) is 5.91 Å². The second-order valence-electron chi connectivity index (χ2n) is 5.47. The number of carbonyl (C=O) groups is 1. The van der Waals surface area contributed by atoms with Crippen LogP contribution in [-0.2, 0) is 11.2 Å². The van der Waals surface area contributed by atoms with Crippen LogP contribution in [0.2, 0.25) is 0 Å². The fourth-order valence-electron chi connectivity index (χ4n) is 2.19. The summed E-state index contributed by atoms with van der Waals surface area (Å²) in [5, 5.41) is 5.17. The van der Waals surface area contributed by atoms with E-state index in [4.69, 9.17) is 5.73 Å². The van der Waals surface area contributed by atoms with Crippen molar-refractivity contribution in [2.24, 2.45) is 10.7 Å². The predicted octanol–water partition coefficient (Wildman–Crippen LogP) is 3.51. The maximum atomic E-state index is 12.4. The summed E-state index contributed by atoms with van der Waals surface area (Å²) in [5.74, 6) is -1.08. The molecule has 0 aliphatic carbocycles. The Balaban J connectivity index is 1.97. The molecule has 6 nitrogen and oxygen atoms in total. The van der Waals surface area contributed by atoms with E-state index in [0.717, 1.165) is 18.1 Å². The van der Waals surface area contributed by atoms with Crippen LogP contribution in [0.3, 0.4) is 0 Å². The van der Waals surface area contributed by atoms with E-state index < -0.39 is 18.0 Å². The molecule has 0 fully saturated rings. The Kier molecular flexibility index (Phi) is 6.64. The van der Waals surface area contributed by atoms with Gasteiger partial charge >= 0.3 is 6.36 Å². The number of alkyl halides is 3. The molecule has 0 unspecified atom stereocenters. The number of nitrogens with two attached hydrogens (primary N) is 1. The first-order valence-corrected chi connectivity index (χ1v) is 8.07. The van der Waals surface area contributed by atoms with Crippen molar-refractivity contribution in [3.63, 3.8) is 0 Å². The molecule has 0 spiro atoms. The number of nitrogens with one attached hydrogen (secondary N) is 2. The summed E-state index contributed by atoms with van der Waals surface area (Å²) in [5.41, 5.74) is 7.32. The number of rotatable bonds is 6. The Morgan fingerprint density at radius 2 is 1.89 bits per heavy atom. The SMILES string of the molecule is CCc1cccc(NC(=O)CN=C(N)Nc2ccccc2OC(F)(F)F)c1. The fourth-order valence-corrected chi connectivity index (χ4v) is 2.19. The van der Waals surface area contributed by atoms with E-state index in [1.165, 1.54) is 18.2 Å². The van der Waals surface area contributed by atoms with E-state index >= 15 is 0 Å². The summed E-state index contributed by atoms with van der Waals surface area (Å²) < 4.78 is 41.1. The lowest BCUT2D eigenvalue weighted by atomic mass is 10.1. The maximum Gasteiger partial charge on any atom is 0.573 e. The average molecular weight is 380 g/mol. The number of hydrogen-bond donors (Lipinski definition) is 3. The molecule has 0 aromatic heterocycles. The van der Waals surface area contributed by atoms with Gasteiger partial charge in [0.25, 0.3) is 0 Å². The fraction of sp³-hybridized carbons (Fsp3) is 0.222. The zero-order valence-electron chi connectivity index (χ0n) is 14.5. The average Bonchev–Trinajstić information content (AvgIpc) is 2.60. The monoisotopic (exact) mass is 380 g/mol. The minimum atomic E-state index is -4.84. The number of para-hydroxylation sites is 2. The molecule has 0 saturated carbocycles. The van der Waals surface area contributed by atoms with Gasteiger partial charge < -0.3 is 21.1 Å². The van der Waals surface area contributed by atoms with Gasteiger partial charge in [-0.15, -0.1) is 13.2 Å². The number of halogens is 3. The van der Waals surface area contributed by atoms with Gasteiger partial charge in [0.05, 0.1) is 5.69 Å². The zero-order valence-corrected chi connectivity index (χ0v) is 14.5. The van der Waals surface area contributed by atoms with Crippen LogP contribution in [0.4, 0.5) is 24.5 Å². The smallest absolute Gasteiger partial charge is 0.404 e. The van der Waals surface area contributed by atoms with Crippen LogP contribution < -0.4 is 21.1 Å². The third-order valence-electron chi connectivity index (χ3n) is 3.39. The third-order valence-corrected chi connectivity index (χ3v) is 3.39. The third kappa shape index (κ3) is 6.89. The van der Waals surface area contributed by atoms with Crippen LogP contribution in [0.25, 0.3) is 0 Å². The second kappa shape index (κ2) is 8.93. The van der Waals surface area contributed by atoms with Gasteiger partial charge in [-0.2, -0.15) is 0 Å². The summed E-state index contributed by atoms with van der Waals surface area (Å²) in [6.07, 6.45) is -4.01. The number of guanidine groups is 1. The molecular formula is C18H19F3N4O2. The highest BCUT2D eigenvalue weighted by Crippen LogP contribution is 2.29. The first-order chi connectivity index (χ1) is 12.8. The van der Waals surface area contributed by atoms with Crippen LogP contribution in [0, 0.1) is 0 Å². The van der Waals surface area contributed by atoms with Crippen molar-refractivity contribution in [2.45, 2.75) is 19.7 Å².